The summed E-state index contributed by atoms with van der Waals surface area (Å²) in [4.78, 5) is 14.4. The topological polar surface area (TPSA) is 78.5 Å². The smallest absolute Gasteiger partial charge is 0.261 e. The van der Waals surface area contributed by atoms with Gasteiger partial charge in [-0.2, -0.15) is 0 Å². The van der Waals surface area contributed by atoms with Crippen molar-refractivity contribution in [3.8, 4) is 0 Å². The molecule has 0 radical (unpaired) electrons. The molecule has 0 unspecified atom stereocenters. The summed E-state index contributed by atoms with van der Waals surface area (Å²) in [6.45, 7) is 4.16. The zero-order chi connectivity index (χ0) is 18.6. The van der Waals surface area contributed by atoms with E-state index in [1.165, 1.54) is 0 Å². The van der Waals surface area contributed by atoms with E-state index in [9.17, 15) is 13.2 Å². The fourth-order valence-corrected chi connectivity index (χ4v) is 3.99. The maximum absolute atomic E-state index is 12.5. The summed E-state index contributed by atoms with van der Waals surface area (Å²) in [5, 5.41) is 2.83. The first-order valence-corrected chi connectivity index (χ1v) is 10.1. The van der Waals surface area contributed by atoms with E-state index in [2.05, 4.69) is 14.9 Å². The van der Waals surface area contributed by atoms with Gasteiger partial charge in [0.1, 0.15) is 0 Å². The molecule has 1 heterocycles. The molecule has 6 nitrogen and oxygen atoms in total. The number of sulfonamides is 1. The van der Waals surface area contributed by atoms with E-state index >= 15 is 0 Å². The monoisotopic (exact) mass is 373 g/mol. The Morgan fingerprint density at radius 2 is 1.69 bits per heavy atom. The highest BCUT2D eigenvalue weighted by atomic mass is 32.2. The van der Waals surface area contributed by atoms with Crippen LogP contribution in [0.25, 0.3) is 0 Å². The van der Waals surface area contributed by atoms with E-state index in [4.69, 9.17) is 0 Å². The first-order valence-electron chi connectivity index (χ1n) is 8.64. The van der Waals surface area contributed by atoms with Gasteiger partial charge in [0.05, 0.1) is 17.1 Å². The van der Waals surface area contributed by atoms with Crippen LogP contribution < -0.4 is 10.0 Å². The molecule has 2 N–H and O–H groups in total. The largest absolute Gasteiger partial charge is 0.325 e. The molecule has 7 heteroatoms. The molecule has 0 saturated carbocycles. The minimum absolute atomic E-state index is 0.0922. The van der Waals surface area contributed by atoms with Crippen molar-refractivity contribution in [1.82, 2.24) is 4.90 Å². The van der Waals surface area contributed by atoms with Gasteiger partial charge in [0.2, 0.25) is 5.91 Å². The van der Waals surface area contributed by atoms with Gasteiger partial charge in [-0.3, -0.25) is 14.4 Å². The Bertz CT molecular complexity index is 873. The van der Waals surface area contributed by atoms with E-state index in [0.717, 1.165) is 31.5 Å². The highest BCUT2D eigenvalue weighted by Gasteiger charge is 2.16. The number of hydrogen-bond acceptors (Lipinski definition) is 4. The van der Waals surface area contributed by atoms with Gasteiger partial charge in [0.25, 0.3) is 10.0 Å². The van der Waals surface area contributed by atoms with Gasteiger partial charge >= 0.3 is 0 Å². The normalized spacial score (nSPS) is 15.0. The standard InChI is InChI=1S/C19H23N3O3S/c1-15-7-9-18(10-8-15)26(24,25)21-17-6-4-5-16(13-17)20-19(23)14-22-11-2-3-12-22/h4-10,13,21H,2-3,11-12,14H2,1H3,(H,20,23). The van der Waals surface area contributed by atoms with E-state index in [-0.39, 0.29) is 10.8 Å². The molecule has 2 aromatic rings. The van der Waals surface area contributed by atoms with Crippen LogP contribution >= 0.6 is 0 Å². The average Bonchev–Trinajstić information content (AvgIpc) is 3.08. The fourth-order valence-electron chi connectivity index (χ4n) is 2.94. The summed E-state index contributed by atoms with van der Waals surface area (Å²) in [5.74, 6) is -0.0922. The lowest BCUT2D eigenvalue weighted by atomic mass is 10.2. The second-order valence-electron chi connectivity index (χ2n) is 6.53. The molecule has 2 aromatic carbocycles. The number of nitrogens with one attached hydrogen (secondary N) is 2. The first kappa shape index (κ1) is 18.4. The van der Waals surface area contributed by atoms with Crippen molar-refractivity contribution in [2.75, 3.05) is 29.7 Å². The molecule has 1 fully saturated rings. The molecule has 3 rings (SSSR count). The van der Waals surface area contributed by atoms with Crippen LogP contribution in [0.2, 0.25) is 0 Å². The predicted octanol–water partition coefficient (Wildman–Crippen LogP) is 2.83. The summed E-state index contributed by atoms with van der Waals surface area (Å²) >= 11 is 0. The van der Waals surface area contributed by atoms with Crippen LogP contribution in [0.5, 0.6) is 0 Å². The zero-order valence-electron chi connectivity index (χ0n) is 14.7. The minimum Gasteiger partial charge on any atom is -0.325 e. The third-order valence-corrected chi connectivity index (χ3v) is 5.69. The Hall–Kier alpha value is -2.38. The summed E-state index contributed by atoms with van der Waals surface area (Å²) < 4.78 is 27.5. The number of anilines is 2. The molecule has 0 aliphatic carbocycles. The number of hydrogen-bond donors (Lipinski definition) is 2. The summed E-state index contributed by atoms with van der Waals surface area (Å²) in [5.41, 5.74) is 1.97. The summed E-state index contributed by atoms with van der Waals surface area (Å²) in [7, 11) is -3.66. The lowest BCUT2D eigenvalue weighted by Gasteiger charge is -2.14. The number of amides is 1. The molecule has 1 amide bonds. The Morgan fingerprint density at radius 1 is 1.04 bits per heavy atom. The Kier molecular flexibility index (Phi) is 5.58. The summed E-state index contributed by atoms with van der Waals surface area (Å²) in [6, 6.07) is 13.4. The Morgan fingerprint density at radius 3 is 2.38 bits per heavy atom. The second kappa shape index (κ2) is 7.88. The fraction of sp³-hybridized carbons (Fsp3) is 0.316. The SMILES string of the molecule is Cc1ccc(S(=O)(=O)Nc2cccc(NC(=O)CN3CCCC3)c2)cc1. The maximum atomic E-state index is 12.5. The minimum atomic E-state index is -3.66. The van der Waals surface area contributed by atoms with Crippen molar-refractivity contribution in [2.45, 2.75) is 24.7 Å². The first-order chi connectivity index (χ1) is 12.4. The molecule has 0 aromatic heterocycles. The van der Waals surface area contributed by atoms with E-state index in [1.807, 2.05) is 6.92 Å². The van der Waals surface area contributed by atoms with Crippen LogP contribution in [0.3, 0.4) is 0 Å². The number of carbonyl (C=O) groups excluding carboxylic acids is 1. The van der Waals surface area contributed by atoms with E-state index < -0.39 is 10.0 Å². The maximum Gasteiger partial charge on any atom is 0.261 e. The molecule has 0 spiro atoms. The van der Waals surface area contributed by atoms with Gasteiger partial charge < -0.3 is 5.32 Å². The van der Waals surface area contributed by atoms with Crippen LogP contribution in [-0.4, -0.2) is 38.9 Å². The van der Waals surface area contributed by atoms with Gasteiger partial charge in [-0.15, -0.1) is 0 Å². The van der Waals surface area contributed by atoms with Crippen molar-refractivity contribution in [1.29, 1.82) is 0 Å². The Labute approximate surface area is 154 Å². The number of rotatable bonds is 6. The number of nitrogens with zero attached hydrogens (tertiary/aromatic N) is 1. The van der Waals surface area contributed by atoms with E-state index in [0.29, 0.717) is 17.9 Å². The third kappa shape index (κ3) is 4.83. The predicted molar refractivity (Wildman–Crippen MR) is 103 cm³/mol. The molecular formula is C19H23N3O3S. The van der Waals surface area contributed by atoms with Crippen molar-refractivity contribution in [3.63, 3.8) is 0 Å². The molecule has 1 aliphatic heterocycles. The summed E-state index contributed by atoms with van der Waals surface area (Å²) in [6.07, 6.45) is 2.26. The van der Waals surface area contributed by atoms with Crippen LogP contribution in [0.15, 0.2) is 53.4 Å². The molecule has 0 bridgehead atoms. The number of carbonyl (C=O) groups is 1. The molecule has 26 heavy (non-hydrogen) atoms. The molecule has 138 valence electrons. The molecule has 1 aliphatic rings. The van der Waals surface area contributed by atoms with Gasteiger partial charge in [0, 0.05) is 5.69 Å². The van der Waals surface area contributed by atoms with Crippen molar-refractivity contribution < 1.29 is 13.2 Å². The van der Waals surface area contributed by atoms with E-state index in [1.54, 1.807) is 48.5 Å². The van der Waals surface area contributed by atoms with Crippen molar-refractivity contribution in [2.24, 2.45) is 0 Å². The van der Waals surface area contributed by atoms with Gasteiger partial charge in [-0.05, 0) is 63.2 Å². The number of aryl methyl sites for hydroxylation is 1. The van der Waals surface area contributed by atoms with Crippen LogP contribution in [-0.2, 0) is 14.8 Å². The lowest BCUT2D eigenvalue weighted by Crippen LogP contribution is -2.30. The van der Waals surface area contributed by atoms with Crippen molar-refractivity contribution >= 4 is 27.3 Å². The van der Waals surface area contributed by atoms with Crippen LogP contribution in [0, 0.1) is 6.92 Å². The van der Waals surface area contributed by atoms with Gasteiger partial charge in [0.15, 0.2) is 0 Å². The zero-order valence-corrected chi connectivity index (χ0v) is 15.6. The highest BCUT2D eigenvalue weighted by molar-refractivity contribution is 7.92. The molecule has 1 saturated heterocycles. The lowest BCUT2D eigenvalue weighted by molar-refractivity contribution is -0.117. The number of likely N-dealkylation sites (tertiary alicyclic amines) is 1. The number of benzene rings is 2. The highest BCUT2D eigenvalue weighted by Crippen LogP contribution is 2.20. The third-order valence-electron chi connectivity index (χ3n) is 4.30. The molecule has 0 atom stereocenters. The van der Waals surface area contributed by atoms with Crippen molar-refractivity contribution in [3.05, 3.63) is 54.1 Å². The Balaban J connectivity index is 1.66. The van der Waals surface area contributed by atoms with Crippen LogP contribution in [0.4, 0.5) is 11.4 Å². The quantitative estimate of drug-likeness (QED) is 0.816. The second-order valence-corrected chi connectivity index (χ2v) is 8.21. The molecular weight excluding hydrogens is 350 g/mol. The van der Waals surface area contributed by atoms with Gasteiger partial charge in [-0.1, -0.05) is 23.8 Å². The van der Waals surface area contributed by atoms with Crippen LogP contribution in [0.1, 0.15) is 18.4 Å². The van der Waals surface area contributed by atoms with Gasteiger partial charge in [-0.25, -0.2) is 8.42 Å². The average molecular weight is 373 g/mol.